The molecule has 0 radical (unpaired) electrons. The molecule has 1 unspecified atom stereocenters. The zero-order chi connectivity index (χ0) is 14.2. The standard InChI is InChI=1S/C18H33N/c1-3-5-6-7-8-9-10-11-12-13-14-15-17-18(19)16-4-2/h3,5-8,18H,1,4,9-17,19H2,2H3. The van der Waals surface area contributed by atoms with Crippen LogP contribution in [-0.2, 0) is 0 Å². The molecule has 2 N–H and O–H groups in total. The van der Waals surface area contributed by atoms with Crippen molar-refractivity contribution in [3.8, 4) is 0 Å². The molecular weight excluding hydrogens is 230 g/mol. The first-order valence-electron chi connectivity index (χ1n) is 8.01. The lowest BCUT2D eigenvalue weighted by Gasteiger charge is -2.09. The lowest BCUT2D eigenvalue weighted by Crippen LogP contribution is -2.18. The first-order valence-corrected chi connectivity index (χ1v) is 8.01. The molecule has 0 fully saturated rings. The predicted molar refractivity (Wildman–Crippen MR) is 88.3 cm³/mol. The molecule has 110 valence electrons. The second-order valence-electron chi connectivity index (χ2n) is 5.30. The number of nitrogens with two attached hydrogens (primary N) is 1. The molecule has 0 amide bonds. The maximum absolute atomic E-state index is 6.00. The van der Waals surface area contributed by atoms with Gasteiger partial charge >= 0.3 is 0 Å². The van der Waals surface area contributed by atoms with Gasteiger partial charge in [0.1, 0.15) is 0 Å². The van der Waals surface area contributed by atoms with Gasteiger partial charge in [0.2, 0.25) is 0 Å². The first kappa shape index (κ1) is 18.2. The molecule has 1 atom stereocenters. The predicted octanol–water partition coefficient (Wildman–Crippen LogP) is 5.53. The van der Waals surface area contributed by atoms with Crippen LogP contribution in [0.5, 0.6) is 0 Å². The molecule has 0 aromatic rings. The van der Waals surface area contributed by atoms with Crippen molar-refractivity contribution >= 4 is 0 Å². The zero-order valence-corrected chi connectivity index (χ0v) is 12.8. The number of hydrogen-bond acceptors (Lipinski definition) is 1. The van der Waals surface area contributed by atoms with E-state index in [-0.39, 0.29) is 0 Å². The average Bonchev–Trinajstić information content (AvgIpc) is 2.40. The van der Waals surface area contributed by atoms with Gasteiger partial charge in [0.25, 0.3) is 0 Å². The Morgan fingerprint density at radius 2 is 1.58 bits per heavy atom. The molecule has 19 heavy (non-hydrogen) atoms. The van der Waals surface area contributed by atoms with Crippen molar-refractivity contribution in [1.29, 1.82) is 0 Å². The minimum Gasteiger partial charge on any atom is -0.328 e. The molecule has 0 rings (SSSR count). The molecule has 0 aromatic heterocycles. The lowest BCUT2D eigenvalue weighted by molar-refractivity contribution is 0.507. The highest BCUT2D eigenvalue weighted by Crippen LogP contribution is 2.11. The van der Waals surface area contributed by atoms with Gasteiger partial charge in [0.15, 0.2) is 0 Å². The summed E-state index contributed by atoms with van der Waals surface area (Å²) < 4.78 is 0. The van der Waals surface area contributed by atoms with E-state index >= 15 is 0 Å². The molecule has 0 spiro atoms. The van der Waals surface area contributed by atoms with E-state index in [4.69, 9.17) is 5.73 Å². The van der Waals surface area contributed by atoms with Crippen LogP contribution in [0, 0.1) is 0 Å². The highest BCUT2D eigenvalue weighted by molar-refractivity contribution is 5.08. The van der Waals surface area contributed by atoms with E-state index in [0.29, 0.717) is 6.04 Å². The minimum absolute atomic E-state index is 0.443. The Bertz CT molecular complexity index is 240. The SMILES string of the molecule is C=CC=CC=CCCCCCCCCC(N)CCC. The summed E-state index contributed by atoms with van der Waals surface area (Å²) in [6.45, 7) is 5.85. The molecule has 1 nitrogen and oxygen atoms in total. The molecule has 0 aliphatic carbocycles. The summed E-state index contributed by atoms with van der Waals surface area (Å²) in [5, 5.41) is 0. The normalized spacial score (nSPS) is 13.4. The van der Waals surface area contributed by atoms with Crippen molar-refractivity contribution in [3.05, 3.63) is 37.0 Å². The number of allylic oxidation sites excluding steroid dienone is 5. The number of unbranched alkanes of at least 4 members (excludes halogenated alkanes) is 6. The molecule has 0 bridgehead atoms. The van der Waals surface area contributed by atoms with Gasteiger partial charge in [-0.2, -0.15) is 0 Å². The largest absolute Gasteiger partial charge is 0.328 e. The molecule has 0 aliphatic rings. The van der Waals surface area contributed by atoms with E-state index in [2.05, 4.69) is 25.7 Å². The minimum atomic E-state index is 0.443. The van der Waals surface area contributed by atoms with E-state index in [0.717, 1.165) is 0 Å². The molecular formula is C18H33N. The van der Waals surface area contributed by atoms with E-state index in [1.807, 2.05) is 12.2 Å². The van der Waals surface area contributed by atoms with Gasteiger partial charge in [-0.05, 0) is 25.7 Å². The topological polar surface area (TPSA) is 26.0 Å². The fraction of sp³-hybridized carbons (Fsp3) is 0.667. The van der Waals surface area contributed by atoms with Crippen LogP contribution in [0.4, 0.5) is 0 Å². The van der Waals surface area contributed by atoms with Gasteiger partial charge in [0.05, 0.1) is 0 Å². The Morgan fingerprint density at radius 1 is 0.895 bits per heavy atom. The van der Waals surface area contributed by atoms with Gasteiger partial charge in [-0.15, -0.1) is 0 Å². The molecule has 0 saturated carbocycles. The van der Waals surface area contributed by atoms with Crippen molar-refractivity contribution in [2.75, 3.05) is 0 Å². The van der Waals surface area contributed by atoms with Crippen LogP contribution in [0.25, 0.3) is 0 Å². The summed E-state index contributed by atoms with van der Waals surface area (Å²) in [4.78, 5) is 0. The smallest absolute Gasteiger partial charge is 0.00387 e. The number of hydrogen-bond donors (Lipinski definition) is 1. The lowest BCUT2D eigenvalue weighted by atomic mass is 10.0. The van der Waals surface area contributed by atoms with Crippen molar-refractivity contribution in [2.24, 2.45) is 5.73 Å². The summed E-state index contributed by atoms with van der Waals surface area (Å²) in [5.41, 5.74) is 6.00. The van der Waals surface area contributed by atoms with Crippen molar-refractivity contribution < 1.29 is 0 Å². The second kappa shape index (κ2) is 15.2. The van der Waals surface area contributed by atoms with Crippen LogP contribution >= 0.6 is 0 Å². The zero-order valence-electron chi connectivity index (χ0n) is 12.8. The van der Waals surface area contributed by atoms with Crippen molar-refractivity contribution in [2.45, 2.75) is 77.2 Å². The van der Waals surface area contributed by atoms with E-state index < -0.39 is 0 Å². The fourth-order valence-corrected chi connectivity index (χ4v) is 2.21. The summed E-state index contributed by atoms with van der Waals surface area (Å²) in [6.07, 6.45) is 23.0. The Morgan fingerprint density at radius 3 is 2.26 bits per heavy atom. The quantitative estimate of drug-likeness (QED) is 0.343. The van der Waals surface area contributed by atoms with Crippen LogP contribution in [0.1, 0.15) is 71.1 Å². The highest BCUT2D eigenvalue weighted by Gasteiger charge is 1.99. The fourth-order valence-electron chi connectivity index (χ4n) is 2.21. The van der Waals surface area contributed by atoms with Gasteiger partial charge in [-0.1, -0.05) is 82.4 Å². The Labute approximate surface area is 120 Å². The summed E-state index contributed by atoms with van der Waals surface area (Å²) >= 11 is 0. The van der Waals surface area contributed by atoms with Crippen LogP contribution in [0.3, 0.4) is 0 Å². The van der Waals surface area contributed by atoms with Crippen molar-refractivity contribution in [1.82, 2.24) is 0 Å². The van der Waals surface area contributed by atoms with Crippen LogP contribution < -0.4 is 5.73 Å². The van der Waals surface area contributed by atoms with Gasteiger partial charge in [-0.25, -0.2) is 0 Å². The van der Waals surface area contributed by atoms with Crippen LogP contribution in [-0.4, -0.2) is 6.04 Å². The van der Waals surface area contributed by atoms with Crippen molar-refractivity contribution in [3.63, 3.8) is 0 Å². The Kier molecular flexibility index (Phi) is 14.6. The summed E-state index contributed by atoms with van der Waals surface area (Å²) in [5.74, 6) is 0. The number of rotatable bonds is 13. The Hall–Kier alpha value is -0.820. The van der Waals surface area contributed by atoms with Crippen LogP contribution in [0.15, 0.2) is 37.0 Å². The second-order valence-corrected chi connectivity index (χ2v) is 5.30. The maximum atomic E-state index is 6.00. The monoisotopic (exact) mass is 263 g/mol. The van der Waals surface area contributed by atoms with Crippen LogP contribution in [0.2, 0.25) is 0 Å². The summed E-state index contributed by atoms with van der Waals surface area (Å²) in [7, 11) is 0. The average molecular weight is 263 g/mol. The third-order valence-electron chi connectivity index (χ3n) is 3.35. The van der Waals surface area contributed by atoms with Gasteiger partial charge < -0.3 is 5.73 Å². The van der Waals surface area contributed by atoms with E-state index in [1.165, 1.54) is 64.2 Å². The molecule has 1 heteroatoms. The van der Waals surface area contributed by atoms with Gasteiger partial charge in [-0.3, -0.25) is 0 Å². The maximum Gasteiger partial charge on any atom is 0.00387 e. The van der Waals surface area contributed by atoms with E-state index in [9.17, 15) is 0 Å². The van der Waals surface area contributed by atoms with E-state index in [1.54, 1.807) is 6.08 Å². The molecule has 0 aliphatic heterocycles. The third-order valence-corrected chi connectivity index (χ3v) is 3.35. The Balaban J connectivity index is 3.16. The first-order chi connectivity index (χ1) is 9.31. The highest BCUT2D eigenvalue weighted by atomic mass is 14.6. The summed E-state index contributed by atoms with van der Waals surface area (Å²) in [6, 6.07) is 0.443. The molecule has 0 aromatic carbocycles. The molecule has 0 heterocycles. The van der Waals surface area contributed by atoms with Gasteiger partial charge in [0, 0.05) is 6.04 Å². The third kappa shape index (κ3) is 15.1. The molecule has 0 saturated heterocycles.